The Morgan fingerprint density at radius 1 is 1.35 bits per heavy atom. The van der Waals surface area contributed by atoms with Crippen molar-refractivity contribution in [2.75, 3.05) is 19.6 Å². The molecule has 0 aliphatic carbocycles. The van der Waals surface area contributed by atoms with Crippen molar-refractivity contribution in [1.29, 1.82) is 0 Å². The number of nitrogens with one attached hydrogen (secondary N) is 1. The van der Waals surface area contributed by atoms with Gasteiger partial charge in [-0.25, -0.2) is 9.97 Å². The summed E-state index contributed by atoms with van der Waals surface area (Å²) in [5.74, 6) is 1.23. The van der Waals surface area contributed by atoms with Crippen molar-refractivity contribution in [3.05, 3.63) is 24.2 Å². The van der Waals surface area contributed by atoms with Crippen LogP contribution < -0.4 is 5.32 Å². The third-order valence-electron chi connectivity index (χ3n) is 5.43. The molecule has 2 aliphatic heterocycles. The number of hydrogen-bond acceptors (Lipinski definition) is 4. The predicted octanol–water partition coefficient (Wildman–Crippen LogP) is 2.38. The van der Waals surface area contributed by atoms with Crippen LogP contribution in [-0.4, -0.2) is 51.2 Å². The Hall–Kier alpha value is -1.46. The molecule has 0 spiro atoms. The molecule has 23 heavy (non-hydrogen) atoms. The van der Waals surface area contributed by atoms with Crippen molar-refractivity contribution < 1.29 is 0 Å². The van der Waals surface area contributed by atoms with Crippen molar-refractivity contribution >= 4 is 11.2 Å². The summed E-state index contributed by atoms with van der Waals surface area (Å²) in [6.45, 7) is 7.98. The van der Waals surface area contributed by atoms with Crippen molar-refractivity contribution in [3.63, 3.8) is 0 Å². The van der Waals surface area contributed by atoms with E-state index in [0.29, 0.717) is 18.1 Å². The molecule has 2 atom stereocenters. The molecule has 4 rings (SSSR count). The van der Waals surface area contributed by atoms with Gasteiger partial charge in [-0.2, -0.15) is 0 Å². The fourth-order valence-corrected chi connectivity index (χ4v) is 4.33. The van der Waals surface area contributed by atoms with Crippen LogP contribution in [0.5, 0.6) is 0 Å². The maximum Gasteiger partial charge on any atom is 0.160 e. The summed E-state index contributed by atoms with van der Waals surface area (Å²) in [4.78, 5) is 12.2. The smallest absolute Gasteiger partial charge is 0.160 e. The molecule has 2 fully saturated rings. The minimum absolute atomic E-state index is 0.499. The van der Waals surface area contributed by atoms with Gasteiger partial charge in [0.05, 0.1) is 6.04 Å². The molecule has 0 saturated carbocycles. The summed E-state index contributed by atoms with van der Waals surface area (Å²) in [6, 6.07) is 5.83. The first-order chi connectivity index (χ1) is 11.2. The zero-order valence-electron chi connectivity index (χ0n) is 14.2. The van der Waals surface area contributed by atoms with Gasteiger partial charge in [0.25, 0.3) is 0 Å². The molecule has 0 radical (unpaired) electrons. The maximum absolute atomic E-state index is 4.96. The Bertz CT molecular complexity index is 671. The largest absolute Gasteiger partial charge is 0.315 e. The SMILES string of the molecule is CC(C)N1CCCC1Cc1nc2cccnc2n1C1CCNC1. The van der Waals surface area contributed by atoms with Gasteiger partial charge in [0.1, 0.15) is 11.3 Å². The monoisotopic (exact) mass is 313 g/mol. The summed E-state index contributed by atoms with van der Waals surface area (Å²) in [5, 5.41) is 3.49. The molecule has 4 heterocycles. The van der Waals surface area contributed by atoms with Crippen LogP contribution in [0, 0.1) is 0 Å². The Morgan fingerprint density at radius 2 is 2.26 bits per heavy atom. The maximum atomic E-state index is 4.96. The molecule has 124 valence electrons. The number of aromatic nitrogens is 3. The minimum atomic E-state index is 0.499. The number of rotatable bonds is 4. The van der Waals surface area contributed by atoms with Crippen molar-refractivity contribution in [1.82, 2.24) is 24.8 Å². The van der Waals surface area contributed by atoms with Gasteiger partial charge in [0.15, 0.2) is 5.65 Å². The van der Waals surface area contributed by atoms with Crippen LogP contribution >= 0.6 is 0 Å². The second-order valence-electron chi connectivity index (χ2n) is 7.22. The first kappa shape index (κ1) is 15.1. The summed E-state index contributed by atoms with van der Waals surface area (Å²) >= 11 is 0. The normalized spacial score (nSPS) is 25.9. The summed E-state index contributed by atoms with van der Waals surface area (Å²) in [5.41, 5.74) is 2.11. The lowest BCUT2D eigenvalue weighted by molar-refractivity contribution is 0.199. The van der Waals surface area contributed by atoms with E-state index in [-0.39, 0.29) is 0 Å². The fraction of sp³-hybridized carbons (Fsp3) is 0.667. The van der Waals surface area contributed by atoms with Gasteiger partial charge >= 0.3 is 0 Å². The molecular formula is C18H27N5. The summed E-state index contributed by atoms with van der Waals surface area (Å²) < 4.78 is 2.42. The van der Waals surface area contributed by atoms with E-state index in [1.54, 1.807) is 0 Å². The quantitative estimate of drug-likeness (QED) is 0.941. The summed E-state index contributed by atoms with van der Waals surface area (Å²) in [6.07, 6.45) is 6.71. The van der Waals surface area contributed by atoms with E-state index in [9.17, 15) is 0 Å². The molecule has 5 nitrogen and oxygen atoms in total. The van der Waals surface area contributed by atoms with Gasteiger partial charge in [-0.15, -0.1) is 0 Å². The Kier molecular flexibility index (Phi) is 4.07. The van der Waals surface area contributed by atoms with Crippen LogP contribution in [0.3, 0.4) is 0 Å². The van der Waals surface area contributed by atoms with Gasteiger partial charge < -0.3 is 9.88 Å². The topological polar surface area (TPSA) is 46.0 Å². The van der Waals surface area contributed by atoms with E-state index in [2.05, 4.69) is 39.7 Å². The first-order valence-corrected chi connectivity index (χ1v) is 9.02. The van der Waals surface area contributed by atoms with Crippen LogP contribution in [0.4, 0.5) is 0 Å². The lowest BCUT2D eigenvalue weighted by Crippen LogP contribution is -2.37. The molecule has 2 unspecified atom stereocenters. The molecule has 5 heteroatoms. The average molecular weight is 313 g/mol. The zero-order valence-corrected chi connectivity index (χ0v) is 14.2. The lowest BCUT2D eigenvalue weighted by atomic mass is 10.1. The van der Waals surface area contributed by atoms with Crippen LogP contribution in [-0.2, 0) is 6.42 Å². The number of fused-ring (bicyclic) bond motifs is 1. The van der Waals surface area contributed by atoms with Crippen LogP contribution in [0.25, 0.3) is 11.2 Å². The first-order valence-electron chi connectivity index (χ1n) is 9.02. The number of nitrogens with zero attached hydrogens (tertiary/aromatic N) is 4. The number of pyridine rings is 1. The number of hydrogen-bond donors (Lipinski definition) is 1. The lowest BCUT2D eigenvalue weighted by Gasteiger charge is -2.28. The van der Waals surface area contributed by atoms with E-state index in [4.69, 9.17) is 4.98 Å². The Balaban J connectivity index is 1.69. The van der Waals surface area contributed by atoms with E-state index >= 15 is 0 Å². The van der Waals surface area contributed by atoms with E-state index < -0.39 is 0 Å². The van der Waals surface area contributed by atoms with Gasteiger partial charge in [-0.1, -0.05) is 0 Å². The average Bonchev–Trinajstić information content (AvgIpc) is 3.25. The van der Waals surface area contributed by atoms with Gasteiger partial charge in [0.2, 0.25) is 0 Å². The zero-order chi connectivity index (χ0) is 15.8. The molecule has 2 saturated heterocycles. The van der Waals surface area contributed by atoms with Gasteiger partial charge in [-0.3, -0.25) is 4.90 Å². The molecule has 0 aromatic carbocycles. The van der Waals surface area contributed by atoms with Crippen molar-refractivity contribution in [3.8, 4) is 0 Å². The van der Waals surface area contributed by atoms with Crippen LogP contribution in [0.2, 0.25) is 0 Å². The highest BCUT2D eigenvalue weighted by molar-refractivity contribution is 5.71. The van der Waals surface area contributed by atoms with Gasteiger partial charge in [0, 0.05) is 31.2 Å². The van der Waals surface area contributed by atoms with E-state index in [1.165, 1.54) is 31.6 Å². The van der Waals surface area contributed by atoms with E-state index in [1.807, 2.05) is 12.3 Å². The van der Waals surface area contributed by atoms with E-state index in [0.717, 1.165) is 30.7 Å². The molecule has 0 bridgehead atoms. The molecule has 2 aliphatic rings. The highest BCUT2D eigenvalue weighted by atomic mass is 15.2. The molecule has 2 aromatic heterocycles. The Labute approximate surface area is 138 Å². The van der Waals surface area contributed by atoms with Crippen molar-refractivity contribution in [2.45, 2.75) is 57.7 Å². The predicted molar refractivity (Wildman–Crippen MR) is 92.6 cm³/mol. The third kappa shape index (κ3) is 2.76. The summed E-state index contributed by atoms with van der Waals surface area (Å²) in [7, 11) is 0. The second-order valence-corrected chi connectivity index (χ2v) is 7.22. The van der Waals surface area contributed by atoms with Crippen LogP contribution in [0.1, 0.15) is 45.0 Å². The van der Waals surface area contributed by atoms with Gasteiger partial charge in [-0.05, 0) is 58.3 Å². The standard InChI is InChI=1S/C18H27N5/c1-13(2)22-10-4-5-14(22)11-17-21-16-6-3-8-20-18(16)23(17)15-7-9-19-12-15/h3,6,8,13-15,19H,4-5,7,9-12H2,1-2H3. The third-order valence-corrected chi connectivity index (χ3v) is 5.43. The molecule has 1 N–H and O–H groups in total. The van der Waals surface area contributed by atoms with Crippen molar-refractivity contribution in [2.24, 2.45) is 0 Å². The highest BCUT2D eigenvalue weighted by Crippen LogP contribution is 2.28. The number of likely N-dealkylation sites (tertiary alicyclic amines) is 1. The molecule has 0 amide bonds. The molecular weight excluding hydrogens is 286 g/mol. The number of imidazole rings is 1. The Morgan fingerprint density at radius 3 is 3.04 bits per heavy atom. The molecule has 2 aromatic rings. The minimum Gasteiger partial charge on any atom is -0.315 e. The fourth-order valence-electron chi connectivity index (χ4n) is 4.33. The highest BCUT2D eigenvalue weighted by Gasteiger charge is 2.30. The second kappa shape index (κ2) is 6.21. The van der Waals surface area contributed by atoms with Crippen LogP contribution in [0.15, 0.2) is 18.3 Å².